The lowest BCUT2D eigenvalue weighted by Crippen LogP contribution is -1.97. The Balaban J connectivity index is 1.40. The lowest BCUT2D eigenvalue weighted by atomic mass is 10.1. The van der Waals surface area contributed by atoms with Crippen LogP contribution in [0.25, 0.3) is 32.3 Å². The molecule has 184 valence electrons. The molecule has 0 radical (unpaired) electrons. The number of allylic oxidation sites excluding steroid dienone is 4. The summed E-state index contributed by atoms with van der Waals surface area (Å²) in [7, 11) is 0. The Hall–Kier alpha value is -3.67. The monoisotopic (exact) mass is 525 g/mol. The van der Waals surface area contributed by atoms with Gasteiger partial charge in [-0.25, -0.2) is 8.78 Å². The molecule has 5 aromatic rings. The molecule has 0 unspecified atom stereocenters. The van der Waals surface area contributed by atoms with Crippen molar-refractivity contribution in [3.05, 3.63) is 130 Å². The number of fused-ring (bicyclic) bond motifs is 2. The minimum atomic E-state index is -0.565. The van der Waals surface area contributed by atoms with Crippen LogP contribution < -0.4 is 0 Å². The first kappa shape index (κ1) is 25.0. The fourth-order valence-electron chi connectivity index (χ4n) is 4.15. The molecule has 3 aromatic carbocycles. The molecule has 0 saturated heterocycles. The van der Waals surface area contributed by atoms with E-state index in [1.807, 2.05) is 24.3 Å². The number of halogens is 2. The highest BCUT2D eigenvalue weighted by atomic mass is 32.1. The maximum absolute atomic E-state index is 13.6. The molecular weight excluding hydrogens is 500 g/mol. The van der Waals surface area contributed by atoms with Gasteiger partial charge in [0.2, 0.25) is 0 Å². The zero-order valence-corrected chi connectivity index (χ0v) is 22.0. The normalized spacial score (nSPS) is 13.1. The summed E-state index contributed by atoms with van der Waals surface area (Å²) in [4.78, 5) is 4.77. The van der Waals surface area contributed by atoms with Gasteiger partial charge in [-0.2, -0.15) is 0 Å². The fraction of sp³-hybridized carbons (Fsp3) is 0.0938. The van der Waals surface area contributed by atoms with E-state index in [1.54, 1.807) is 22.7 Å². The second-order valence-corrected chi connectivity index (χ2v) is 10.6. The second-order valence-electron chi connectivity index (χ2n) is 8.76. The highest BCUT2D eigenvalue weighted by Gasteiger charge is 2.03. The third-order valence-electron chi connectivity index (χ3n) is 5.97. The number of aliphatic imine (C=N–C) groups is 1. The van der Waals surface area contributed by atoms with Gasteiger partial charge >= 0.3 is 0 Å². The van der Waals surface area contributed by atoms with E-state index < -0.39 is 11.6 Å². The first-order valence-electron chi connectivity index (χ1n) is 12.0. The topological polar surface area (TPSA) is 12.4 Å². The quantitative estimate of drug-likeness (QED) is 0.141. The lowest BCUT2D eigenvalue weighted by Gasteiger charge is -2.02. The Morgan fingerprint density at radius 3 is 1.97 bits per heavy atom. The summed E-state index contributed by atoms with van der Waals surface area (Å²) in [5, 5.41) is 6.77. The van der Waals surface area contributed by atoms with Crippen LogP contribution in [-0.4, -0.2) is 12.3 Å². The molecule has 1 nitrogen and oxygen atoms in total. The number of hydrogen-bond acceptors (Lipinski definition) is 3. The molecule has 2 heterocycles. The van der Waals surface area contributed by atoms with Crippen LogP contribution in [0.2, 0.25) is 0 Å². The van der Waals surface area contributed by atoms with Gasteiger partial charge in [-0.3, -0.25) is 4.99 Å². The predicted octanol–water partition coefficient (Wildman–Crippen LogP) is 9.75. The van der Waals surface area contributed by atoms with Crippen molar-refractivity contribution in [2.24, 2.45) is 4.99 Å². The van der Waals surface area contributed by atoms with E-state index in [9.17, 15) is 8.78 Å². The maximum atomic E-state index is 13.6. The van der Waals surface area contributed by atoms with Crippen LogP contribution in [-0.2, 0) is 6.42 Å². The van der Waals surface area contributed by atoms with E-state index in [1.165, 1.54) is 37.9 Å². The maximum Gasteiger partial charge on any atom is 0.126 e. The van der Waals surface area contributed by atoms with E-state index in [2.05, 4.69) is 72.3 Å². The first-order valence-corrected chi connectivity index (χ1v) is 13.8. The molecule has 0 amide bonds. The van der Waals surface area contributed by atoms with Crippen molar-refractivity contribution in [2.75, 3.05) is 6.54 Å². The van der Waals surface area contributed by atoms with Gasteiger partial charge in [-0.15, -0.1) is 22.7 Å². The number of hydrogen-bond donors (Lipinski definition) is 0. The van der Waals surface area contributed by atoms with E-state index >= 15 is 0 Å². The average molecular weight is 526 g/mol. The molecule has 0 N–H and O–H groups in total. The van der Waals surface area contributed by atoms with E-state index in [0.29, 0.717) is 18.5 Å². The molecular formula is C32H25F2NS2. The van der Waals surface area contributed by atoms with Crippen LogP contribution >= 0.6 is 22.7 Å². The summed E-state index contributed by atoms with van der Waals surface area (Å²) < 4.78 is 29.7. The number of benzene rings is 3. The lowest BCUT2D eigenvalue weighted by molar-refractivity contribution is 0.579. The molecule has 0 aliphatic carbocycles. The zero-order chi connectivity index (χ0) is 25.6. The number of rotatable bonds is 8. The Labute approximate surface area is 223 Å². The molecule has 0 spiro atoms. The minimum absolute atomic E-state index is 0.426. The van der Waals surface area contributed by atoms with E-state index in [-0.39, 0.29) is 0 Å². The summed E-state index contributed by atoms with van der Waals surface area (Å²) in [6.07, 6.45) is 10.8. The standard InChI is InChI=1S/C32H25F2NS2/c1-22(10-11-24-20-36-31-8-4-2-6-29(24)31)16-28(35-15-14-23-17-26(33)19-27(34)18-23)13-12-25-21-37-32-9-5-3-7-30(25)32/h2-13,16-21H,14-15H2,1H3/b11-10+,13-12+,22-16-,35-28?. The average Bonchev–Trinajstić information content (AvgIpc) is 3.49. The van der Waals surface area contributed by atoms with Crippen LogP contribution in [0.4, 0.5) is 8.78 Å². The molecule has 2 aromatic heterocycles. The predicted molar refractivity (Wildman–Crippen MR) is 158 cm³/mol. The van der Waals surface area contributed by atoms with Crippen molar-refractivity contribution in [3.8, 4) is 0 Å². The van der Waals surface area contributed by atoms with Crippen molar-refractivity contribution in [2.45, 2.75) is 13.3 Å². The first-order chi connectivity index (χ1) is 18.0. The zero-order valence-electron chi connectivity index (χ0n) is 20.3. The molecule has 37 heavy (non-hydrogen) atoms. The Morgan fingerprint density at radius 1 is 0.784 bits per heavy atom. The molecule has 0 fully saturated rings. The minimum Gasteiger partial charge on any atom is -0.285 e. The van der Waals surface area contributed by atoms with Crippen LogP contribution in [0.15, 0.2) is 106 Å². The molecule has 0 aliphatic heterocycles. The van der Waals surface area contributed by atoms with Gasteiger partial charge in [-0.1, -0.05) is 54.6 Å². The van der Waals surface area contributed by atoms with Crippen LogP contribution in [0, 0.1) is 11.6 Å². The summed E-state index contributed by atoms with van der Waals surface area (Å²) in [6, 6.07) is 20.3. The second kappa shape index (κ2) is 11.6. The van der Waals surface area contributed by atoms with E-state index in [0.717, 1.165) is 22.9 Å². The van der Waals surface area contributed by atoms with Gasteiger partial charge < -0.3 is 0 Å². The summed E-state index contributed by atoms with van der Waals surface area (Å²) in [6.45, 7) is 2.48. The molecule has 5 rings (SSSR count). The third-order valence-corrected chi connectivity index (χ3v) is 7.94. The molecule has 0 aliphatic rings. The Kier molecular flexibility index (Phi) is 7.83. The summed E-state index contributed by atoms with van der Waals surface area (Å²) >= 11 is 3.46. The molecule has 0 atom stereocenters. The SMILES string of the molecule is CC(=C/C(/C=C/c1csc2ccccc12)=NCCc1cc(F)cc(F)c1)/C=C/c1csc2ccccc12. The molecule has 0 bridgehead atoms. The van der Waals surface area contributed by atoms with Gasteiger partial charge in [0.1, 0.15) is 11.6 Å². The van der Waals surface area contributed by atoms with Gasteiger partial charge in [0, 0.05) is 22.0 Å². The highest BCUT2D eigenvalue weighted by Crippen LogP contribution is 2.28. The van der Waals surface area contributed by atoms with Gasteiger partial charge in [0.25, 0.3) is 0 Å². The Bertz CT molecular complexity index is 1650. The molecule has 0 saturated carbocycles. The smallest absolute Gasteiger partial charge is 0.126 e. The van der Waals surface area contributed by atoms with Crippen molar-refractivity contribution in [3.63, 3.8) is 0 Å². The van der Waals surface area contributed by atoms with Gasteiger partial charge in [0.15, 0.2) is 0 Å². The van der Waals surface area contributed by atoms with Crippen LogP contribution in [0.5, 0.6) is 0 Å². The Morgan fingerprint density at radius 2 is 1.35 bits per heavy atom. The summed E-state index contributed by atoms with van der Waals surface area (Å²) in [5.74, 6) is -1.13. The molecule has 5 heteroatoms. The summed E-state index contributed by atoms with van der Waals surface area (Å²) in [5.41, 5.74) is 4.81. The van der Waals surface area contributed by atoms with Crippen molar-refractivity contribution >= 4 is 60.7 Å². The van der Waals surface area contributed by atoms with Crippen LogP contribution in [0.1, 0.15) is 23.6 Å². The van der Waals surface area contributed by atoms with Crippen molar-refractivity contribution in [1.82, 2.24) is 0 Å². The third kappa shape index (κ3) is 6.37. The van der Waals surface area contributed by atoms with Crippen LogP contribution in [0.3, 0.4) is 0 Å². The van der Waals surface area contributed by atoms with E-state index in [4.69, 9.17) is 4.99 Å². The number of thiophene rings is 2. The van der Waals surface area contributed by atoms with Gasteiger partial charge in [-0.05, 0) is 93.6 Å². The van der Waals surface area contributed by atoms with Crippen molar-refractivity contribution in [1.29, 1.82) is 0 Å². The highest BCUT2D eigenvalue weighted by molar-refractivity contribution is 7.17. The largest absolute Gasteiger partial charge is 0.285 e. The number of nitrogens with zero attached hydrogens (tertiary/aromatic N) is 1. The van der Waals surface area contributed by atoms with Crippen molar-refractivity contribution < 1.29 is 8.78 Å². The fourth-order valence-corrected chi connectivity index (χ4v) is 6.01. The van der Waals surface area contributed by atoms with Gasteiger partial charge in [0.05, 0.1) is 5.71 Å².